The highest BCUT2D eigenvalue weighted by molar-refractivity contribution is 5.80. The molecule has 0 radical (unpaired) electrons. The summed E-state index contributed by atoms with van der Waals surface area (Å²) in [7, 11) is 3.54. The molecule has 0 amide bonds. The molecule has 1 aliphatic carbocycles. The van der Waals surface area contributed by atoms with E-state index in [1.165, 1.54) is 0 Å². The van der Waals surface area contributed by atoms with E-state index in [4.69, 9.17) is 9.26 Å². The van der Waals surface area contributed by atoms with E-state index >= 15 is 0 Å². The van der Waals surface area contributed by atoms with Crippen molar-refractivity contribution in [1.29, 1.82) is 0 Å². The molecule has 2 rings (SSSR count). The molecule has 1 aliphatic rings. The van der Waals surface area contributed by atoms with Crippen LogP contribution in [0.5, 0.6) is 0 Å². The minimum Gasteiger partial charge on any atom is -0.378 e. The average Bonchev–Trinajstić information content (AvgIpc) is 2.95. The van der Waals surface area contributed by atoms with Crippen LogP contribution in [-0.2, 0) is 11.3 Å². The minimum atomic E-state index is -0.0877. The molecule has 6 heteroatoms. The largest absolute Gasteiger partial charge is 0.378 e. The standard InChI is InChI=1S/C14H24N4O2/c1-13(2)11(8-14(13,3)19-5)17-12(15-4)16-9-10-6-7-20-18-10/h6-7,11H,8-9H2,1-5H3,(H2,15,16,17). The van der Waals surface area contributed by atoms with Crippen molar-refractivity contribution in [3.63, 3.8) is 0 Å². The van der Waals surface area contributed by atoms with Crippen LogP contribution >= 0.6 is 0 Å². The van der Waals surface area contributed by atoms with Gasteiger partial charge in [-0.2, -0.15) is 0 Å². The summed E-state index contributed by atoms with van der Waals surface area (Å²) in [5.41, 5.74) is 0.811. The lowest BCUT2D eigenvalue weighted by molar-refractivity contribution is -0.176. The van der Waals surface area contributed by atoms with Crippen molar-refractivity contribution in [1.82, 2.24) is 15.8 Å². The molecule has 1 heterocycles. The first-order chi connectivity index (χ1) is 9.43. The normalized spacial score (nSPS) is 28.9. The van der Waals surface area contributed by atoms with Crippen LogP contribution in [0, 0.1) is 5.41 Å². The molecule has 0 bridgehead atoms. The molecule has 2 unspecified atom stereocenters. The van der Waals surface area contributed by atoms with Gasteiger partial charge in [0.2, 0.25) is 0 Å². The summed E-state index contributed by atoms with van der Waals surface area (Å²) >= 11 is 0. The smallest absolute Gasteiger partial charge is 0.191 e. The number of nitrogens with zero attached hydrogens (tertiary/aromatic N) is 2. The number of ether oxygens (including phenoxy) is 1. The molecule has 0 spiro atoms. The summed E-state index contributed by atoms with van der Waals surface area (Å²) in [5.74, 6) is 0.768. The van der Waals surface area contributed by atoms with Crippen molar-refractivity contribution >= 4 is 5.96 Å². The summed E-state index contributed by atoms with van der Waals surface area (Å²) < 4.78 is 10.4. The number of nitrogens with one attached hydrogen (secondary N) is 2. The maximum absolute atomic E-state index is 5.63. The fourth-order valence-electron chi connectivity index (χ4n) is 2.59. The van der Waals surface area contributed by atoms with Gasteiger partial charge in [-0.05, 0) is 13.3 Å². The summed E-state index contributed by atoms with van der Waals surface area (Å²) in [6, 6.07) is 2.16. The third-order valence-corrected chi connectivity index (χ3v) is 4.74. The second-order valence-electron chi connectivity index (χ2n) is 5.97. The summed E-state index contributed by atoms with van der Waals surface area (Å²) in [6.45, 7) is 7.16. The molecule has 0 saturated heterocycles. The Bertz CT molecular complexity index is 470. The van der Waals surface area contributed by atoms with Gasteiger partial charge in [-0.1, -0.05) is 19.0 Å². The van der Waals surface area contributed by atoms with E-state index in [2.05, 4.69) is 41.6 Å². The van der Waals surface area contributed by atoms with E-state index in [0.717, 1.165) is 18.1 Å². The Balaban J connectivity index is 1.89. The molecule has 112 valence electrons. The maximum Gasteiger partial charge on any atom is 0.191 e. The third kappa shape index (κ3) is 2.52. The van der Waals surface area contributed by atoms with Crippen LogP contribution in [0.1, 0.15) is 32.9 Å². The van der Waals surface area contributed by atoms with Gasteiger partial charge in [0.05, 0.1) is 12.1 Å². The molecular formula is C14H24N4O2. The van der Waals surface area contributed by atoms with E-state index in [1.807, 2.05) is 6.07 Å². The fraction of sp³-hybridized carbons (Fsp3) is 0.714. The Morgan fingerprint density at radius 3 is 2.80 bits per heavy atom. The number of aromatic nitrogens is 1. The Labute approximate surface area is 120 Å². The van der Waals surface area contributed by atoms with E-state index in [1.54, 1.807) is 20.4 Å². The Morgan fingerprint density at radius 1 is 1.55 bits per heavy atom. The van der Waals surface area contributed by atoms with Crippen molar-refractivity contribution in [2.45, 2.75) is 45.4 Å². The summed E-state index contributed by atoms with van der Waals surface area (Å²) in [4.78, 5) is 4.24. The van der Waals surface area contributed by atoms with Crippen LogP contribution in [-0.4, -0.2) is 36.9 Å². The number of hydrogen-bond acceptors (Lipinski definition) is 4. The van der Waals surface area contributed by atoms with E-state index in [9.17, 15) is 0 Å². The first-order valence-corrected chi connectivity index (χ1v) is 6.84. The van der Waals surface area contributed by atoms with Crippen LogP contribution < -0.4 is 10.6 Å². The molecule has 1 aromatic rings. The molecule has 1 aromatic heterocycles. The zero-order valence-corrected chi connectivity index (χ0v) is 12.9. The second-order valence-corrected chi connectivity index (χ2v) is 5.97. The minimum absolute atomic E-state index is 0.0489. The van der Waals surface area contributed by atoms with Crippen LogP contribution in [0.4, 0.5) is 0 Å². The molecule has 2 atom stereocenters. The second kappa shape index (κ2) is 5.44. The molecule has 0 aliphatic heterocycles. The van der Waals surface area contributed by atoms with Gasteiger partial charge in [0.15, 0.2) is 5.96 Å². The first-order valence-electron chi connectivity index (χ1n) is 6.84. The molecule has 6 nitrogen and oxygen atoms in total. The lowest BCUT2D eigenvalue weighted by Gasteiger charge is -2.59. The number of aliphatic imine (C=N–C) groups is 1. The van der Waals surface area contributed by atoms with Crippen molar-refractivity contribution < 1.29 is 9.26 Å². The van der Waals surface area contributed by atoms with Crippen molar-refractivity contribution in [2.24, 2.45) is 10.4 Å². The summed E-state index contributed by atoms with van der Waals surface area (Å²) in [5, 5.41) is 10.5. The van der Waals surface area contributed by atoms with Crippen LogP contribution in [0.25, 0.3) is 0 Å². The Kier molecular flexibility index (Phi) is 4.04. The third-order valence-electron chi connectivity index (χ3n) is 4.74. The zero-order chi connectivity index (χ0) is 14.8. The molecule has 1 saturated carbocycles. The number of rotatable bonds is 4. The Morgan fingerprint density at radius 2 is 2.30 bits per heavy atom. The predicted molar refractivity (Wildman–Crippen MR) is 77.4 cm³/mol. The quantitative estimate of drug-likeness (QED) is 0.646. The van der Waals surface area contributed by atoms with Gasteiger partial charge in [0, 0.05) is 31.7 Å². The SMILES string of the molecule is CN=C(NCc1ccon1)NC1CC(C)(OC)C1(C)C. The van der Waals surface area contributed by atoms with E-state index in [-0.39, 0.29) is 11.0 Å². The number of methoxy groups -OCH3 is 1. The van der Waals surface area contributed by atoms with Gasteiger partial charge in [-0.3, -0.25) is 4.99 Å². The lowest BCUT2D eigenvalue weighted by Crippen LogP contribution is -2.69. The molecule has 2 N–H and O–H groups in total. The Hall–Kier alpha value is -1.56. The van der Waals surface area contributed by atoms with E-state index < -0.39 is 0 Å². The monoisotopic (exact) mass is 280 g/mol. The van der Waals surface area contributed by atoms with Crippen molar-refractivity contribution in [2.75, 3.05) is 14.2 Å². The van der Waals surface area contributed by atoms with Crippen molar-refractivity contribution in [3.8, 4) is 0 Å². The molecule has 0 aromatic carbocycles. The number of hydrogen-bond donors (Lipinski definition) is 2. The van der Waals surface area contributed by atoms with Gasteiger partial charge in [0.1, 0.15) is 12.0 Å². The predicted octanol–water partition coefficient (Wildman–Crippen LogP) is 1.54. The lowest BCUT2D eigenvalue weighted by atomic mass is 9.56. The van der Waals surface area contributed by atoms with Gasteiger partial charge in [-0.25, -0.2) is 0 Å². The average molecular weight is 280 g/mol. The van der Waals surface area contributed by atoms with E-state index in [0.29, 0.717) is 12.6 Å². The van der Waals surface area contributed by atoms with Crippen LogP contribution in [0.15, 0.2) is 21.8 Å². The van der Waals surface area contributed by atoms with Crippen LogP contribution in [0.3, 0.4) is 0 Å². The van der Waals surface area contributed by atoms with Crippen LogP contribution in [0.2, 0.25) is 0 Å². The number of guanidine groups is 1. The topological polar surface area (TPSA) is 71.7 Å². The summed E-state index contributed by atoms with van der Waals surface area (Å²) in [6.07, 6.45) is 2.52. The van der Waals surface area contributed by atoms with Gasteiger partial charge in [-0.15, -0.1) is 0 Å². The highest BCUT2D eigenvalue weighted by atomic mass is 16.5. The molecule has 1 fully saturated rings. The molecular weight excluding hydrogens is 256 g/mol. The molecule has 20 heavy (non-hydrogen) atoms. The zero-order valence-electron chi connectivity index (χ0n) is 12.9. The highest BCUT2D eigenvalue weighted by Crippen LogP contribution is 2.51. The first kappa shape index (κ1) is 14.8. The van der Waals surface area contributed by atoms with Gasteiger partial charge in [0.25, 0.3) is 0 Å². The van der Waals surface area contributed by atoms with Gasteiger partial charge >= 0.3 is 0 Å². The van der Waals surface area contributed by atoms with Crippen molar-refractivity contribution in [3.05, 3.63) is 18.0 Å². The highest BCUT2D eigenvalue weighted by Gasteiger charge is 2.58. The van der Waals surface area contributed by atoms with Gasteiger partial charge < -0.3 is 19.9 Å². The maximum atomic E-state index is 5.63. The fourth-order valence-corrected chi connectivity index (χ4v) is 2.59.